The smallest absolute Gasteiger partial charge is 0.135 e. The number of nitrogens with two attached hydrogens (primary N) is 1. The number of benzene rings is 8. The number of para-hydroxylation sites is 3. The van der Waals surface area contributed by atoms with Gasteiger partial charge in [0, 0.05) is 61.2 Å². The third-order valence-electron chi connectivity index (χ3n) is 14.3. The molecule has 2 atom stereocenters. The van der Waals surface area contributed by atoms with Gasteiger partial charge in [0.05, 0.1) is 22.1 Å². The number of allylic oxidation sites excluding steroid dienone is 7. The average molecular weight is 866 g/mol. The standard InChI is InChI=1S/C63H51N3O/c1-41(44-31-33-61-55(36-44)51-25-11-14-28-60(51)67-61)18-15-29-62(64)63(3)34-16-21-47(40-63)66-57-27-13-10-24-50(57)54-38-58-53(39-59(54)66)49-23-9-12-26-56(49)65(58)46-32-30-45(35-43-19-5-4-6-20-43)52(37-46)48-22-8-7-17-42(48)2/h4-34,36-39,41H,35,40,64H2,1-3H3/b18-15-,62-29-. The van der Waals surface area contributed by atoms with Crippen LogP contribution in [0.3, 0.4) is 0 Å². The third kappa shape index (κ3) is 6.91. The molecule has 1 aliphatic carbocycles. The maximum absolute atomic E-state index is 7.08. The van der Waals surface area contributed by atoms with Gasteiger partial charge in [0.1, 0.15) is 11.2 Å². The van der Waals surface area contributed by atoms with Crippen molar-refractivity contribution in [3.63, 3.8) is 0 Å². The highest BCUT2D eigenvalue weighted by atomic mass is 16.3. The molecule has 0 saturated carbocycles. The van der Waals surface area contributed by atoms with Crippen LogP contribution in [0.2, 0.25) is 0 Å². The molecule has 2 N–H and O–H groups in total. The first kappa shape index (κ1) is 40.4. The van der Waals surface area contributed by atoms with Crippen LogP contribution >= 0.6 is 0 Å². The van der Waals surface area contributed by atoms with Crippen molar-refractivity contribution in [3.05, 3.63) is 240 Å². The topological polar surface area (TPSA) is 49.0 Å². The van der Waals surface area contributed by atoms with Gasteiger partial charge < -0.3 is 19.3 Å². The van der Waals surface area contributed by atoms with E-state index in [0.717, 1.165) is 46.2 Å². The van der Waals surface area contributed by atoms with Crippen LogP contribution in [0.5, 0.6) is 0 Å². The fourth-order valence-electron chi connectivity index (χ4n) is 10.7. The Morgan fingerprint density at radius 3 is 2.06 bits per heavy atom. The summed E-state index contributed by atoms with van der Waals surface area (Å²) in [7, 11) is 0. The molecule has 4 nitrogen and oxygen atoms in total. The Bertz CT molecular complexity index is 3870. The molecule has 67 heavy (non-hydrogen) atoms. The molecule has 0 radical (unpaired) electrons. The zero-order chi connectivity index (χ0) is 45.2. The van der Waals surface area contributed by atoms with Gasteiger partial charge in [-0.1, -0.05) is 159 Å². The summed E-state index contributed by atoms with van der Waals surface area (Å²) in [6, 6.07) is 64.0. The van der Waals surface area contributed by atoms with Crippen molar-refractivity contribution in [2.75, 3.05) is 0 Å². The fraction of sp³-hybridized carbons (Fsp3) is 0.111. The van der Waals surface area contributed by atoms with E-state index in [1.165, 1.54) is 82.7 Å². The molecule has 11 aromatic rings. The summed E-state index contributed by atoms with van der Waals surface area (Å²) in [5, 5.41) is 7.21. The first-order chi connectivity index (χ1) is 32.8. The summed E-state index contributed by atoms with van der Waals surface area (Å²) >= 11 is 0. The van der Waals surface area contributed by atoms with Crippen LogP contribution in [-0.2, 0) is 6.42 Å². The summed E-state index contributed by atoms with van der Waals surface area (Å²) in [5.74, 6) is 0.196. The minimum absolute atomic E-state index is 0.196. The van der Waals surface area contributed by atoms with Crippen LogP contribution in [0.15, 0.2) is 222 Å². The molecule has 3 aromatic heterocycles. The van der Waals surface area contributed by atoms with Crippen LogP contribution in [0.4, 0.5) is 0 Å². The zero-order valence-corrected chi connectivity index (χ0v) is 38.1. The SMILES string of the molecule is Cc1ccccc1-c1cc(-n2c3ccccc3c3cc4c(cc32)c2ccccc2n4C2=CC=CC(C)(/C(N)=C/C=C\C(C)c3ccc4oc5ccccc5c4c3)C2)ccc1Cc1ccccc1. The van der Waals surface area contributed by atoms with Gasteiger partial charge in [-0.2, -0.15) is 0 Å². The van der Waals surface area contributed by atoms with Crippen LogP contribution in [0.25, 0.3) is 88.1 Å². The summed E-state index contributed by atoms with van der Waals surface area (Å²) in [5.41, 5.74) is 24.2. The highest BCUT2D eigenvalue weighted by Gasteiger charge is 2.30. The second kappa shape index (κ2) is 16.1. The summed E-state index contributed by atoms with van der Waals surface area (Å²) < 4.78 is 11.0. The van der Waals surface area contributed by atoms with Crippen LogP contribution < -0.4 is 5.73 Å². The van der Waals surface area contributed by atoms with E-state index in [4.69, 9.17) is 10.2 Å². The van der Waals surface area contributed by atoms with E-state index in [1.807, 2.05) is 12.1 Å². The minimum Gasteiger partial charge on any atom is -0.456 e. The molecule has 8 aromatic carbocycles. The molecule has 0 spiro atoms. The van der Waals surface area contributed by atoms with Gasteiger partial charge in [0.25, 0.3) is 0 Å². The molecular formula is C63H51N3O. The Hall–Kier alpha value is -8.08. The largest absolute Gasteiger partial charge is 0.456 e. The van der Waals surface area contributed by atoms with Crippen molar-refractivity contribution in [1.29, 1.82) is 0 Å². The number of fused-ring (bicyclic) bond motifs is 9. The maximum Gasteiger partial charge on any atom is 0.135 e. The van der Waals surface area contributed by atoms with E-state index in [2.05, 4.69) is 230 Å². The zero-order valence-electron chi connectivity index (χ0n) is 38.1. The molecule has 1 aliphatic rings. The van der Waals surface area contributed by atoms with E-state index in [9.17, 15) is 0 Å². The molecule has 12 rings (SSSR count). The first-order valence-electron chi connectivity index (χ1n) is 23.5. The second-order valence-corrected chi connectivity index (χ2v) is 18.7. The maximum atomic E-state index is 7.08. The van der Waals surface area contributed by atoms with Crippen molar-refractivity contribution < 1.29 is 4.42 Å². The third-order valence-corrected chi connectivity index (χ3v) is 14.3. The van der Waals surface area contributed by atoms with Gasteiger partial charge in [0.15, 0.2) is 0 Å². The van der Waals surface area contributed by atoms with E-state index in [1.54, 1.807) is 0 Å². The van der Waals surface area contributed by atoms with Crippen molar-refractivity contribution in [2.24, 2.45) is 11.1 Å². The minimum atomic E-state index is -0.383. The number of rotatable bonds is 9. The molecular weight excluding hydrogens is 815 g/mol. The predicted molar refractivity (Wildman–Crippen MR) is 283 cm³/mol. The van der Waals surface area contributed by atoms with E-state index < -0.39 is 0 Å². The first-order valence-corrected chi connectivity index (χ1v) is 23.5. The molecule has 3 heterocycles. The lowest BCUT2D eigenvalue weighted by molar-refractivity contribution is 0.512. The Balaban J connectivity index is 0.926. The molecule has 0 fully saturated rings. The quantitative estimate of drug-likeness (QED) is 0.147. The lowest BCUT2D eigenvalue weighted by atomic mass is 9.79. The van der Waals surface area contributed by atoms with E-state index in [-0.39, 0.29) is 11.3 Å². The average Bonchev–Trinajstić information content (AvgIpc) is 4.01. The number of aryl methyl sites for hydroxylation is 1. The van der Waals surface area contributed by atoms with Crippen LogP contribution in [0.1, 0.15) is 48.4 Å². The highest BCUT2D eigenvalue weighted by molar-refractivity contribution is 6.19. The Morgan fingerprint density at radius 2 is 1.28 bits per heavy atom. The van der Waals surface area contributed by atoms with Crippen molar-refractivity contribution in [2.45, 2.75) is 39.5 Å². The Kier molecular flexibility index (Phi) is 9.72. The van der Waals surface area contributed by atoms with Crippen molar-refractivity contribution in [1.82, 2.24) is 9.13 Å². The molecule has 0 bridgehead atoms. The number of furan rings is 1. The second-order valence-electron chi connectivity index (χ2n) is 18.7. The number of aromatic nitrogens is 2. The molecule has 2 unspecified atom stereocenters. The highest BCUT2D eigenvalue weighted by Crippen LogP contribution is 2.44. The Morgan fingerprint density at radius 1 is 0.627 bits per heavy atom. The lowest BCUT2D eigenvalue weighted by Crippen LogP contribution is -2.25. The lowest BCUT2D eigenvalue weighted by Gasteiger charge is -2.31. The molecule has 324 valence electrons. The van der Waals surface area contributed by atoms with Gasteiger partial charge in [-0.15, -0.1) is 0 Å². The normalized spacial score (nSPS) is 16.1. The predicted octanol–water partition coefficient (Wildman–Crippen LogP) is 16.4. The van der Waals surface area contributed by atoms with Gasteiger partial charge in [0.2, 0.25) is 0 Å². The van der Waals surface area contributed by atoms with Crippen LogP contribution in [-0.4, -0.2) is 9.13 Å². The summed E-state index contributed by atoms with van der Waals surface area (Å²) in [6.07, 6.45) is 14.8. The number of nitrogens with zero attached hydrogens (tertiary/aromatic N) is 2. The number of hydrogen-bond acceptors (Lipinski definition) is 2. The molecule has 0 aliphatic heterocycles. The van der Waals surface area contributed by atoms with Gasteiger partial charge >= 0.3 is 0 Å². The van der Waals surface area contributed by atoms with Crippen LogP contribution in [0, 0.1) is 12.3 Å². The van der Waals surface area contributed by atoms with E-state index in [0.29, 0.717) is 0 Å². The van der Waals surface area contributed by atoms with Gasteiger partial charge in [-0.3, -0.25) is 0 Å². The summed E-state index contributed by atoms with van der Waals surface area (Å²) in [6.45, 7) is 6.71. The van der Waals surface area contributed by atoms with Gasteiger partial charge in [-0.25, -0.2) is 0 Å². The van der Waals surface area contributed by atoms with Gasteiger partial charge in [-0.05, 0) is 119 Å². The fourth-order valence-corrected chi connectivity index (χ4v) is 10.7. The number of hydrogen-bond donors (Lipinski definition) is 1. The molecule has 0 amide bonds. The summed E-state index contributed by atoms with van der Waals surface area (Å²) in [4.78, 5) is 0. The monoisotopic (exact) mass is 865 g/mol. The van der Waals surface area contributed by atoms with Crippen molar-refractivity contribution in [3.8, 4) is 16.8 Å². The Labute approximate surface area is 390 Å². The van der Waals surface area contributed by atoms with E-state index >= 15 is 0 Å². The molecule has 0 saturated heterocycles. The van der Waals surface area contributed by atoms with Crippen molar-refractivity contribution >= 4 is 71.2 Å². The molecule has 4 heteroatoms.